The van der Waals surface area contributed by atoms with Crippen molar-refractivity contribution in [3.63, 3.8) is 0 Å². The molecule has 3 amide bonds. The van der Waals surface area contributed by atoms with Gasteiger partial charge in [0.1, 0.15) is 11.6 Å². The molecule has 0 radical (unpaired) electrons. The van der Waals surface area contributed by atoms with Crippen molar-refractivity contribution in [2.75, 3.05) is 41.5 Å². The molecule has 0 saturated carbocycles. The molecule has 0 unspecified atom stereocenters. The van der Waals surface area contributed by atoms with Crippen LogP contribution in [0.25, 0.3) is 0 Å². The second-order valence-corrected chi connectivity index (χ2v) is 9.45. The summed E-state index contributed by atoms with van der Waals surface area (Å²) >= 11 is 0. The van der Waals surface area contributed by atoms with Gasteiger partial charge < -0.3 is 30.9 Å². The van der Waals surface area contributed by atoms with E-state index in [-0.39, 0.29) is 45.9 Å². The molecule has 4 N–H and O–H groups in total. The summed E-state index contributed by atoms with van der Waals surface area (Å²) in [6.07, 6.45) is 3.31. The molecule has 3 heterocycles. The summed E-state index contributed by atoms with van der Waals surface area (Å²) in [7, 11) is 1.36. The average Bonchev–Trinajstić information content (AvgIpc) is 3.02. The van der Waals surface area contributed by atoms with E-state index in [1.807, 2.05) is 5.32 Å². The fraction of sp³-hybridized carbons (Fsp3) is 0.200. The molecule has 0 atom stereocenters. The van der Waals surface area contributed by atoms with Crippen LogP contribution in [0.3, 0.4) is 0 Å². The number of halogens is 1. The summed E-state index contributed by atoms with van der Waals surface area (Å²) in [6.45, 7) is -2.16. The number of nitrogens with one attached hydrogen (secondary N) is 4. The van der Waals surface area contributed by atoms with Crippen LogP contribution in [-0.4, -0.2) is 53.5 Å². The van der Waals surface area contributed by atoms with E-state index in [4.69, 9.17) is 8.85 Å². The molecule has 1 aliphatic heterocycles. The van der Waals surface area contributed by atoms with Crippen molar-refractivity contribution in [2.24, 2.45) is 0 Å². The number of amides is 3. The number of rotatable bonds is 9. The van der Waals surface area contributed by atoms with E-state index >= 15 is 0 Å². The summed E-state index contributed by atoms with van der Waals surface area (Å²) in [5.41, 5.74) is 1.28. The minimum atomic E-state index is -2.80. The van der Waals surface area contributed by atoms with E-state index in [0.29, 0.717) is 18.7 Å². The lowest BCUT2D eigenvalue weighted by atomic mass is 10.1. The number of carbonyl (C=O) groups excluding carboxylic acids is 3. The zero-order chi connectivity index (χ0) is 32.8. The highest BCUT2D eigenvalue weighted by atomic mass is 19.1. The highest BCUT2D eigenvalue weighted by Crippen LogP contribution is 2.33. The molecule has 0 bridgehead atoms. The molecular formula is C30H29FN8O4. The summed E-state index contributed by atoms with van der Waals surface area (Å²) in [6, 6.07) is 15.6. The molecule has 13 heteroatoms. The number of benzene rings is 2. The Morgan fingerprint density at radius 1 is 0.977 bits per heavy atom. The molecule has 4 aromatic rings. The molecule has 0 aliphatic carbocycles. The molecule has 12 nitrogen and oxygen atoms in total. The van der Waals surface area contributed by atoms with Crippen LogP contribution in [0.1, 0.15) is 44.2 Å². The van der Waals surface area contributed by atoms with Crippen LogP contribution in [-0.2, 0) is 4.79 Å². The van der Waals surface area contributed by atoms with Gasteiger partial charge in [-0.15, -0.1) is 10.2 Å². The van der Waals surface area contributed by atoms with Gasteiger partial charge in [0.15, 0.2) is 17.3 Å². The SMILES string of the molecule is [2H]C([2H])([2H])NC(=O)c1nnc(Nc2ccc(F)cn2)cc1Nc1cccc(C(=O)Nc2ccc(N3CCCCC3=O)cc2)c1OC. The number of piperidine rings is 1. The Balaban J connectivity index is 1.41. The van der Waals surface area contributed by atoms with Gasteiger partial charge >= 0.3 is 0 Å². The number of carbonyl (C=O) groups is 3. The molecule has 2 aromatic heterocycles. The number of hydrogen-bond donors (Lipinski definition) is 4. The van der Waals surface area contributed by atoms with Gasteiger partial charge in [-0.25, -0.2) is 9.37 Å². The van der Waals surface area contributed by atoms with Crippen molar-refractivity contribution in [3.8, 4) is 5.75 Å². The Morgan fingerprint density at radius 2 is 1.81 bits per heavy atom. The number of para-hydroxylation sites is 1. The lowest BCUT2D eigenvalue weighted by Crippen LogP contribution is -2.35. The van der Waals surface area contributed by atoms with Gasteiger partial charge in [0, 0.05) is 41.5 Å². The third-order valence-corrected chi connectivity index (χ3v) is 6.60. The fourth-order valence-electron chi connectivity index (χ4n) is 4.54. The van der Waals surface area contributed by atoms with Crippen LogP contribution < -0.4 is 30.9 Å². The van der Waals surface area contributed by atoms with Gasteiger partial charge in [-0.2, -0.15) is 0 Å². The van der Waals surface area contributed by atoms with Gasteiger partial charge in [0.25, 0.3) is 11.8 Å². The molecule has 1 fully saturated rings. The lowest BCUT2D eigenvalue weighted by molar-refractivity contribution is -0.119. The van der Waals surface area contributed by atoms with Gasteiger partial charge in [-0.1, -0.05) is 6.07 Å². The number of hydrogen-bond acceptors (Lipinski definition) is 9. The lowest BCUT2D eigenvalue weighted by Gasteiger charge is -2.26. The quantitative estimate of drug-likeness (QED) is 0.220. The van der Waals surface area contributed by atoms with E-state index in [0.717, 1.165) is 24.7 Å². The van der Waals surface area contributed by atoms with Gasteiger partial charge in [0.05, 0.1) is 30.2 Å². The Labute approximate surface area is 250 Å². The van der Waals surface area contributed by atoms with Crippen molar-refractivity contribution < 1.29 is 27.6 Å². The van der Waals surface area contributed by atoms with Crippen LogP contribution >= 0.6 is 0 Å². The second kappa shape index (κ2) is 12.9. The average molecular weight is 588 g/mol. The van der Waals surface area contributed by atoms with E-state index in [1.54, 1.807) is 47.4 Å². The van der Waals surface area contributed by atoms with Crippen molar-refractivity contribution in [1.29, 1.82) is 0 Å². The first kappa shape index (κ1) is 25.1. The minimum Gasteiger partial charge on any atom is -0.494 e. The Bertz CT molecular complexity index is 1760. The number of nitrogens with zero attached hydrogens (tertiary/aromatic N) is 4. The third kappa shape index (κ3) is 6.67. The summed E-state index contributed by atoms with van der Waals surface area (Å²) in [4.78, 5) is 44.1. The summed E-state index contributed by atoms with van der Waals surface area (Å²) in [5.74, 6) is -1.58. The van der Waals surface area contributed by atoms with Crippen molar-refractivity contribution in [1.82, 2.24) is 20.5 Å². The maximum Gasteiger partial charge on any atom is 0.273 e. The first-order valence-electron chi connectivity index (χ1n) is 14.8. The Morgan fingerprint density at radius 3 is 2.53 bits per heavy atom. The zero-order valence-corrected chi connectivity index (χ0v) is 23.0. The Hall–Kier alpha value is -5.59. The monoisotopic (exact) mass is 587 g/mol. The van der Waals surface area contributed by atoms with Crippen LogP contribution in [0.2, 0.25) is 0 Å². The number of ether oxygens (including phenoxy) is 1. The van der Waals surface area contributed by atoms with Crippen molar-refractivity contribution in [3.05, 3.63) is 83.9 Å². The third-order valence-electron chi connectivity index (χ3n) is 6.60. The maximum atomic E-state index is 13.4. The van der Waals surface area contributed by atoms with Gasteiger partial charge in [-0.05, 0) is 61.4 Å². The molecule has 1 saturated heterocycles. The molecule has 5 rings (SSSR count). The summed E-state index contributed by atoms with van der Waals surface area (Å²) < 4.78 is 41.1. The number of pyridine rings is 1. The largest absolute Gasteiger partial charge is 0.494 e. The van der Waals surface area contributed by atoms with Crippen LogP contribution in [0, 0.1) is 5.82 Å². The number of anilines is 6. The topological polar surface area (TPSA) is 150 Å². The molecule has 220 valence electrons. The highest BCUT2D eigenvalue weighted by Gasteiger charge is 2.21. The molecule has 0 spiro atoms. The zero-order valence-electron chi connectivity index (χ0n) is 26.0. The predicted octanol–water partition coefficient (Wildman–Crippen LogP) is 4.64. The van der Waals surface area contributed by atoms with E-state index in [1.165, 1.54) is 25.3 Å². The Kier molecular flexibility index (Phi) is 7.56. The second-order valence-electron chi connectivity index (χ2n) is 9.45. The highest BCUT2D eigenvalue weighted by molar-refractivity contribution is 6.08. The normalized spacial score (nSPS) is 14.1. The molecule has 43 heavy (non-hydrogen) atoms. The first-order valence-corrected chi connectivity index (χ1v) is 13.3. The van der Waals surface area contributed by atoms with E-state index < -0.39 is 24.6 Å². The smallest absolute Gasteiger partial charge is 0.273 e. The van der Waals surface area contributed by atoms with Crippen LogP contribution in [0.15, 0.2) is 66.9 Å². The van der Waals surface area contributed by atoms with Crippen molar-refractivity contribution in [2.45, 2.75) is 19.3 Å². The van der Waals surface area contributed by atoms with Crippen molar-refractivity contribution >= 4 is 52.1 Å². The predicted molar refractivity (Wildman–Crippen MR) is 160 cm³/mol. The molecular weight excluding hydrogens is 555 g/mol. The molecule has 1 aliphatic rings. The fourth-order valence-corrected chi connectivity index (χ4v) is 4.54. The van der Waals surface area contributed by atoms with Crippen LogP contribution in [0.5, 0.6) is 5.75 Å². The van der Waals surface area contributed by atoms with E-state index in [2.05, 4.69) is 31.1 Å². The minimum absolute atomic E-state index is 0.0140. The number of aromatic nitrogens is 3. The first-order chi connectivity index (χ1) is 22.0. The maximum absolute atomic E-state index is 13.4. The molecule has 2 aromatic carbocycles. The van der Waals surface area contributed by atoms with Gasteiger partial charge in [-0.3, -0.25) is 14.4 Å². The standard InChI is InChI=1S/C30H29FN8O4/c1-32-30(42)27-23(16-25(37-38-27)36-24-14-9-18(31)17-33-24)35-22-7-5-6-21(28(22)43-2)29(41)34-19-10-12-20(13-11-19)39-15-4-3-8-26(39)40/h5-7,9-14,16-17H,3-4,8,15H2,1-2H3,(H,32,42)(H,34,41)(H2,33,35,36,37)/i1D3. The van der Waals surface area contributed by atoms with Gasteiger partial charge in [0.2, 0.25) is 5.91 Å². The van der Waals surface area contributed by atoms with Crippen LogP contribution in [0.4, 0.5) is 38.8 Å². The van der Waals surface area contributed by atoms with E-state index in [9.17, 15) is 18.8 Å². The summed E-state index contributed by atoms with van der Waals surface area (Å²) in [5, 5.41) is 18.4. The number of methoxy groups -OCH3 is 1.